The van der Waals surface area contributed by atoms with Gasteiger partial charge in [0, 0.05) is 25.2 Å². The van der Waals surface area contributed by atoms with E-state index in [1.165, 1.54) is 38.0 Å². The van der Waals surface area contributed by atoms with Crippen molar-refractivity contribution in [2.24, 2.45) is 5.92 Å². The number of benzene rings is 1. The van der Waals surface area contributed by atoms with Crippen molar-refractivity contribution in [3.05, 3.63) is 29.8 Å². The fourth-order valence-corrected chi connectivity index (χ4v) is 3.50. The van der Waals surface area contributed by atoms with Crippen molar-refractivity contribution in [3.8, 4) is 11.4 Å². The van der Waals surface area contributed by atoms with Crippen LogP contribution in [0.25, 0.3) is 11.4 Å². The summed E-state index contributed by atoms with van der Waals surface area (Å²) < 4.78 is 0. The molecule has 6 nitrogen and oxygen atoms in total. The van der Waals surface area contributed by atoms with E-state index < -0.39 is 0 Å². The van der Waals surface area contributed by atoms with Gasteiger partial charge in [0.1, 0.15) is 0 Å². The predicted octanol–water partition coefficient (Wildman–Crippen LogP) is 2.03. The zero-order valence-electron chi connectivity index (χ0n) is 14.1. The van der Waals surface area contributed by atoms with Gasteiger partial charge in [0.25, 0.3) is 0 Å². The van der Waals surface area contributed by atoms with Gasteiger partial charge in [-0.25, -0.2) is 0 Å². The van der Waals surface area contributed by atoms with Crippen LogP contribution in [0.1, 0.15) is 25.3 Å². The van der Waals surface area contributed by atoms with Gasteiger partial charge in [-0.2, -0.15) is 5.21 Å². The third-order valence-corrected chi connectivity index (χ3v) is 4.60. The monoisotopic (exact) mass is 314 g/mol. The Morgan fingerprint density at radius 3 is 3.09 bits per heavy atom. The maximum Gasteiger partial charge on any atom is 0.204 e. The number of H-pyrrole nitrogens is 1. The summed E-state index contributed by atoms with van der Waals surface area (Å²) in [7, 11) is 2.21. The van der Waals surface area contributed by atoms with Crippen LogP contribution in [0.4, 0.5) is 0 Å². The van der Waals surface area contributed by atoms with Crippen molar-refractivity contribution in [1.82, 2.24) is 30.4 Å². The van der Waals surface area contributed by atoms with Crippen LogP contribution in [0.2, 0.25) is 0 Å². The molecule has 0 bridgehead atoms. The summed E-state index contributed by atoms with van der Waals surface area (Å²) in [6, 6.07) is 8.41. The molecule has 6 heteroatoms. The normalized spacial score (nSPS) is 19.3. The summed E-state index contributed by atoms with van der Waals surface area (Å²) in [6.07, 6.45) is 2.68. The predicted molar refractivity (Wildman–Crippen MR) is 90.8 cm³/mol. The molecule has 3 rings (SSSR count). The van der Waals surface area contributed by atoms with Crippen molar-refractivity contribution in [1.29, 1.82) is 0 Å². The van der Waals surface area contributed by atoms with E-state index in [0.29, 0.717) is 5.82 Å². The van der Waals surface area contributed by atoms with Crippen molar-refractivity contribution >= 4 is 0 Å². The van der Waals surface area contributed by atoms with E-state index in [0.717, 1.165) is 24.6 Å². The lowest BCUT2D eigenvalue weighted by atomic mass is 9.97. The Balaban J connectivity index is 1.57. The Morgan fingerprint density at radius 1 is 1.39 bits per heavy atom. The summed E-state index contributed by atoms with van der Waals surface area (Å²) >= 11 is 0. The van der Waals surface area contributed by atoms with Crippen LogP contribution in [-0.4, -0.2) is 63.7 Å². The SMILES string of the molecule is CCN1CCC[C@H](CN(C)Cc2cccc(-c3nn[nH]n3)c2)C1. The molecular weight excluding hydrogens is 288 g/mol. The van der Waals surface area contributed by atoms with Gasteiger partial charge >= 0.3 is 0 Å². The molecule has 23 heavy (non-hydrogen) atoms. The smallest absolute Gasteiger partial charge is 0.204 e. The summed E-state index contributed by atoms with van der Waals surface area (Å²) in [5, 5.41) is 14.2. The number of hydrogen-bond donors (Lipinski definition) is 1. The topological polar surface area (TPSA) is 60.9 Å². The first-order valence-corrected chi connectivity index (χ1v) is 8.48. The molecule has 0 unspecified atom stereocenters. The standard InChI is InChI=1S/C17H26N6/c1-3-23-9-5-7-15(13-23)12-22(2)11-14-6-4-8-16(10-14)17-18-20-21-19-17/h4,6,8,10,15H,3,5,7,9,11-13H2,1-2H3,(H,18,19,20,21)/t15-/m1/s1. The number of aromatic nitrogens is 4. The number of nitrogens with one attached hydrogen (secondary N) is 1. The first-order chi connectivity index (χ1) is 11.2. The van der Waals surface area contributed by atoms with Crippen LogP contribution >= 0.6 is 0 Å². The van der Waals surface area contributed by atoms with Gasteiger partial charge in [-0.05, 0) is 55.7 Å². The van der Waals surface area contributed by atoms with Crippen LogP contribution in [-0.2, 0) is 6.54 Å². The van der Waals surface area contributed by atoms with Gasteiger partial charge < -0.3 is 9.80 Å². The summed E-state index contributed by atoms with van der Waals surface area (Å²) in [4.78, 5) is 5.00. The maximum atomic E-state index is 4.05. The van der Waals surface area contributed by atoms with Crippen molar-refractivity contribution in [2.45, 2.75) is 26.3 Å². The Morgan fingerprint density at radius 2 is 2.30 bits per heavy atom. The number of aromatic amines is 1. The molecule has 2 heterocycles. The van der Waals surface area contributed by atoms with Gasteiger partial charge in [-0.1, -0.05) is 25.1 Å². The highest BCUT2D eigenvalue weighted by molar-refractivity contribution is 5.54. The highest BCUT2D eigenvalue weighted by atomic mass is 15.5. The van der Waals surface area contributed by atoms with Gasteiger partial charge in [0.2, 0.25) is 5.82 Å². The van der Waals surface area contributed by atoms with E-state index in [-0.39, 0.29) is 0 Å². The van der Waals surface area contributed by atoms with E-state index in [1.54, 1.807) is 0 Å². The molecule has 1 atom stereocenters. The zero-order chi connectivity index (χ0) is 16.1. The lowest BCUT2D eigenvalue weighted by Gasteiger charge is -2.34. The molecule has 1 N–H and O–H groups in total. The van der Waals surface area contributed by atoms with Crippen LogP contribution in [0.15, 0.2) is 24.3 Å². The van der Waals surface area contributed by atoms with Crippen molar-refractivity contribution in [2.75, 3.05) is 33.2 Å². The number of nitrogens with zero attached hydrogens (tertiary/aromatic N) is 5. The molecule has 0 spiro atoms. The molecule has 1 aliphatic rings. The highest BCUT2D eigenvalue weighted by Gasteiger charge is 2.20. The molecule has 1 aromatic carbocycles. The minimum Gasteiger partial charge on any atom is -0.303 e. The first-order valence-electron chi connectivity index (χ1n) is 8.48. The largest absolute Gasteiger partial charge is 0.303 e. The molecule has 2 aromatic rings. The maximum absolute atomic E-state index is 4.05. The van der Waals surface area contributed by atoms with Gasteiger partial charge in [-0.15, -0.1) is 10.2 Å². The van der Waals surface area contributed by atoms with Crippen LogP contribution in [0.5, 0.6) is 0 Å². The Kier molecular flexibility index (Phi) is 5.35. The Labute approximate surface area is 137 Å². The second-order valence-electron chi connectivity index (χ2n) is 6.53. The number of piperidine rings is 1. The van der Waals surface area contributed by atoms with Gasteiger partial charge in [-0.3, -0.25) is 0 Å². The highest BCUT2D eigenvalue weighted by Crippen LogP contribution is 2.19. The third kappa shape index (κ3) is 4.36. The molecule has 1 fully saturated rings. The molecule has 0 saturated carbocycles. The molecule has 1 aliphatic heterocycles. The van der Waals surface area contributed by atoms with Crippen molar-refractivity contribution in [3.63, 3.8) is 0 Å². The number of tetrazole rings is 1. The summed E-state index contributed by atoms with van der Waals surface area (Å²) in [6.45, 7) is 8.05. The van der Waals surface area contributed by atoms with E-state index >= 15 is 0 Å². The molecule has 1 saturated heterocycles. The molecule has 1 aromatic heterocycles. The average molecular weight is 314 g/mol. The fraction of sp³-hybridized carbons (Fsp3) is 0.588. The molecule has 0 aliphatic carbocycles. The van der Waals surface area contributed by atoms with E-state index in [1.807, 2.05) is 6.07 Å². The Bertz CT molecular complexity index is 597. The first kappa shape index (κ1) is 16.1. The van der Waals surface area contributed by atoms with Gasteiger partial charge in [0.05, 0.1) is 0 Å². The summed E-state index contributed by atoms with van der Waals surface area (Å²) in [5.74, 6) is 1.44. The zero-order valence-corrected chi connectivity index (χ0v) is 14.1. The summed E-state index contributed by atoms with van der Waals surface area (Å²) in [5.41, 5.74) is 2.30. The molecule has 124 valence electrons. The number of likely N-dealkylation sites (tertiary alicyclic amines) is 1. The quantitative estimate of drug-likeness (QED) is 0.884. The lowest BCUT2D eigenvalue weighted by Crippen LogP contribution is -2.39. The van der Waals surface area contributed by atoms with Crippen LogP contribution < -0.4 is 0 Å². The van der Waals surface area contributed by atoms with Crippen molar-refractivity contribution < 1.29 is 0 Å². The van der Waals surface area contributed by atoms with E-state index in [2.05, 4.69) is 62.6 Å². The lowest BCUT2D eigenvalue weighted by molar-refractivity contribution is 0.146. The molecule has 0 radical (unpaired) electrons. The molecular formula is C17H26N6. The van der Waals surface area contributed by atoms with E-state index in [4.69, 9.17) is 0 Å². The average Bonchev–Trinajstić information content (AvgIpc) is 3.09. The fourth-order valence-electron chi connectivity index (χ4n) is 3.50. The molecule has 0 amide bonds. The number of rotatable bonds is 6. The minimum absolute atomic E-state index is 0.653. The number of hydrogen-bond acceptors (Lipinski definition) is 5. The third-order valence-electron chi connectivity index (χ3n) is 4.60. The Hall–Kier alpha value is -1.79. The van der Waals surface area contributed by atoms with E-state index in [9.17, 15) is 0 Å². The second-order valence-corrected chi connectivity index (χ2v) is 6.53. The van der Waals surface area contributed by atoms with Crippen LogP contribution in [0, 0.1) is 5.92 Å². The van der Waals surface area contributed by atoms with Crippen LogP contribution in [0.3, 0.4) is 0 Å². The second kappa shape index (κ2) is 7.66. The van der Waals surface area contributed by atoms with Gasteiger partial charge in [0.15, 0.2) is 0 Å². The minimum atomic E-state index is 0.653.